The number of likely N-dealkylation sites (tertiary alicyclic amines) is 1. The molecule has 3 fully saturated rings. The summed E-state index contributed by atoms with van der Waals surface area (Å²) in [5.41, 5.74) is 0.932. The minimum absolute atomic E-state index is 0. The first kappa shape index (κ1) is 17.6. The second-order valence-corrected chi connectivity index (χ2v) is 6.96. The second kappa shape index (κ2) is 7.38. The lowest BCUT2D eigenvalue weighted by Crippen LogP contribution is -2.40. The van der Waals surface area contributed by atoms with E-state index in [0.717, 1.165) is 38.0 Å². The van der Waals surface area contributed by atoms with Crippen LogP contribution < -0.4 is 5.32 Å². The molecule has 0 saturated carbocycles. The molecule has 3 aliphatic rings. The number of halogens is 2. The van der Waals surface area contributed by atoms with Crippen LogP contribution in [0.4, 0.5) is 4.39 Å². The van der Waals surface area contributed by atoms with Crippen molar-refractivity contribution in [3.8, 4) is 0 Å². The lowest BCUT2D eigenvalue weighted by atomic mass is 9.89. The van der Waals surface area contributed by atoms with E-state index in [0.29, 0.717) is 25.0 Å². The third-order valence-electron chi connectivity index (χ3n) is 5.61. The molecule has 1 amide bonds. The normalized spacial score (nSPS) is 30.0. The Morgan fingerprint density at radius 1 is 1.25 bits per heavy atom. The highest BCUT2D eigenvalue weighted by molar-refractivity contribution is 5.85. The molecule has 6 heteroatoms. The van der Waals surface area contributed by atoms with E-state index in [1.54, 1.807) is 12.1 Å². The minimum atomic E-state index is -0.227. The zero-order valence-corrected chi connectivity index (χ0v) is 14.4. The first-order chi connectivity index (χ1) is 11.2. The fraction of sp³-hybridized carbons (Fsp3) is 0.611. The van der Waals surface area contributed by atoms with Gasteiger partial charge in [-0.05, 0) is 36.5 Å². The summed E-state index contributed by atoms with van der Waals surface area (Å²) in [4.78, 5) is 15.1. The SMILES string of the molecule is Cl.O=C(C1CCOCC1)N1C[C@@H]2CNC[C@@H]2[C@H]1c1cccc(F)c1. The van der Waals surface area contributed by atoms with Crippen LogP contribution in [0.2, 0.25) is 0 Å². The molecular formula is C18H24ClFN2O2. The zero-order valence-electron chi connectivity index (χ0n) is 13.6. The van der Waals surface area contributed by atoms with E-state index in [1.165, 1.54) is 6.07 Å². The summed E-state index contributed by atoms with van der Waals surface area (Å²) in [6.45, 7) is 3.99. The Morgan fingerprint density at radius 2 is 2.04 bits per heavy atom. The number of hydrogen-bond acceptors (Lipinski definition) is 3. The third-order valence-corrected chi connectivity index (χ3v) is 5.61. The molecule has 24 heavy (non-hydrogen) atoms. The first-order valence-corrected chi connectivity index (χ1v) is 8.58. The van der Waals surface area contributed by atoms with Gasteiger partial charge in [-0.15, -0.1) is 12.4 Å². The van der Waals surface area contributed by atoms with Gasteiger partial charge in [-0.2, -0.15) is 0 Å². The maximum absolute atomic E-state index is 13.7. The van der Waals surface area contributed by atoms with Crippen molar-refractivity contribution in [3.63, 3.8) is 0 Å². The number of rotatable bonds is 2. The molecule has 0 bridgehead atoms. The molecule has 4 rings (SSSR count). The van der Waals surface area contributed by atoms with Gasteiger partial charge >= 0.3 is 0 Å². The Hall–Kier alpha value is -1.17. The molecule has 0 unspecified atom stereocenters. The molecule has 0 aromatic heterocycles. The van der Waals surface area contributed by atoms with Crippen molar-refractivity contribution in [2.24, 2.45) is 17.8 Å². The second-order valence-electron chi connectivity index (χ2n) is 6.96. The minimum Gasteiger partial charge on any atom is -0.381 e. The number of carbonyl (C=O) groups excluding carboxylic acids is 1. The van der Waals surface area contributed by atoms with Gasteiger partial charge < -0.3 is 15.0 Å². The Balaban J connectivity index is 0.00000169. The van der Waals surface area contributed by atoms with Gasteiger partial charge in [-0.25, -0.2) is 4.39 Å². The molecule has 1 aromatic rings. The Bertz CT molecular complexity index is 594. The van der Waals surface area contributed by atoms with E-state index in [4.69, 9.17) is 4.74 Å². The first-order valence-electron chi connectivity index (χ1n) is 8.58. The van der Waals surface area contributed by atoms with Gasteiger partial charge in [-0.3, -0.25) is 4.79 Å². The van der Waals surface area contributed by atoms with Crippen molar-refractivity contribution in [2.45, 2.75) is 18.9 Å². The average molecular weight is 355 g/mol. The van der Waals surface area contributed by atoms with Crippen LogP contribution in [0.1, 0.15) is 24.4 Å². The van der Waals surface area contributed by atoms with Crippen molar-refractivity contribution in [1.29, 1.82) is 0 Å². The van der Waals surface area contributed by atoms with Gasteiger partial charge in [-0.1, -0.05) is 12.1 Å². The highest BCUT2D eigenvalue weighted by Crippen LogP contribution is 2.43. The lowest BCUT2D eigenvalue weighted by Gasteiger charge is -2.32. The number of ether oxygens (including phenoxy) is 1. The Kier molecular flexibility index (Phi) is 5.42. The molecule has 0 spiro atoms. The van der Waals surface area contributed by atoms with Gasteiger partial charge in [0.15, 0.2) is 0 Å². The summed E-state index contributed by atoms with van der Waals surface area (Å²) < 4.78 is 19.1. The predicted octanol–water partition coefficient (Wildman–Crippen LogP) is 2.39. The van der Waals surface area contributed by atoms with Gasteiger partial charge in [0.1, 0.15) is 5.82 Å². The van der Waals surface area contributed by atoms with E-state index in [9.17, 15) is 9.18 Å². The van der Waals surface area contributed by atoms with Crippen molar-refractivity contribution in [1.82, 2.24) is 10.2 Å². The van der Waals surface area contributed by atoms with Crippen molar-refractivity contribution in [3.05, 3.63) is 35.6 Å². The molecule has 4 nitrogen and oxygen atoms in total. The van der Waals surface area contributed by atoms with Crippen LogP contribution in [0.25, 0.3) is 0 Å². The topological polar surface area (TPSA) is 41.6 Å². The highest BCUT2D eigenvalue weighted by atomic mass is 35.5. The number of nitrogens with zero attached hydrogens (tertiary/aromatic N) is 1. The molecule has 3 aliphatic heterocycles. The Morgan fingerprint density at radius 3 is 2.79 bits per heavy atom. The van der Waals surface area contributed by atoms with Crippen LogP contribution in [0.15, 0.2) is 24.3 Å². The van der Waals surface area contributed by atoms with Gasteiger partial charge in [0.25, 0.3) is 0 Å². The molecular weight excluding hydrogens is 331 g/mol. The molecule has 3 heterocycles. The molecule has 3 atom stereocenters. The van der Waals surface area contributed by atoms with Crippen LogP contribution >= 0.6 is 12.4 Å². The van der Waals surface area contributed by atoms with Crippen molar-refractivity contribution < 1.29 is 13.9 Å². The van der Waals surface area contributed by atoms with Crippen LogP contribution in [-0.4, -0.2) is 43.7 Å². The largest absolute Gasteiger partial charge is 0.381 e. The van der Waals surface area contributed by atoms with Crippen LogP contribution in [0.3, 0.4) is 0 Å². The standard InChI is InChI=1S/C18H23FN2O2.ClH/c19-15-3-1-2-13(8-15)17-16-10-20-9-14(16)11-21(17)18(22)12-4-6-23-7-5-12;/h1-3,8,12,14,16-17,20H,4-7,9-11H2;1H/t14-,16-,17+;/m0./s1. The van der Waals surface area contributed by atoms with Crippen LogP contribution in [0.5, 0.6) is 0 Å². The van der Waals surface area contributed by atoms with E-state index >= 15 is 0 Å². The maximum atomic E-state index is 13.7. The van der Waals surface area contributed by atoms with E-state index < -0.39 is 0 Å². The lowest BCUT2D eigenvalue weighted by molar-refractivity contribution is -0.140. The summed E-state index contributed by atoms with van der Waals surface area (Å²) >= 11 is 0. The quantitative estimate of drug-likeness (QED) is 0.886. The van der Waals surface area contributed by atoms with E-state index in [-0.39, 0.29) is 36.1 Å². The predicted molar refractivity (Wildman–Crippen MR) is 91.5 cm³/mol. The van der Waals surface area contributed by atoms with Crippen molar-refractivity contribution in [2.75, 3.05) is 32.8 Å². The molecule has 0 aliphatic carbocycles. The number of benzene rings is 1. The molecule has 3 saturated heterocycles. The monoisotopic (exact) mass is 354 g/mol. The number of amides is 1. The van der Waals surface area contributed by atoms with Crippen LogP contribution in [-0.2, 0) is 9.53 Å². The van der Waals surface area contributed by atoms with Crippen LogP contribution in [0, 0.1) is 23.6 Å². The zero-order chi connectivity index (χ0) is 15.8. The number of fused-ring (bicyclic) bond motifs is 1. The van der Waals surface area contributed by atoms with Crippen molar-refractivity contribution >= 4 is 18.3 Å². The molecule has 1 aromatic carbocycles. The highest BCUT2D eigenvalue weighted by Gasteiger charge is 2.47. The number of nitrogens with one attached hydrogen (secondary N) is 1. The summed E-state index contributed by atoms with van der Waals surface area (Å²) in [5, 5.41) is 3.43. The van der Waals surface area contributed by atoms with Gasteiger partial charge in [0.05, 0.1) is 6.04 Å². The molecule has 132 valence electrons. The molecule has 0 radical (unpaired) electrons. The smallest absolute Gasteiger partial charge is 0.226 e. The average Bonchev–Trinajstić information content (AvgIpc) is 3.15. The summed E-state index contributed by atoms with van der Waals surface area (Å²) in [6.07, 6.45) is 1.61. The molecule has 1 N–H and O–H groups in total. The summed E-state index contributed by atoms with van der Waals surface area (Å²) in [5.74, 6) is 0.937. The fourth-order valence-corrected chi connectivity index (χ4v) is 4.44. The Labute approximate surface area is 148 Å². The van der Waals surface area contributed by atoms with E-state index in [2.05, 4.69) is 5.32 Å². The number of hydrogen-bond donors (Lipinski definition) is 1. The summed E-state index contributed by atoms with van der Waals surface area (Å²) in [6, 6.07) is 6.76. The van der Waals surface area contributed by atoms with E-state index in [1.807, 2.05) is 11.0 Å². The fourth-order valence-electron chi connectivity index (χ4n) is 4.44. The third kappa shape index (κ3) is 3.17. The maximum Gasteiger partial charge on any atom is 0.226 e. The number of carbonyl (C=O) groups is 1. The van der Waals surface area contributed by atoms with Gasteiger partial charge in [0.2, 0.25) is 5.91 Å². The summed E-state index contributed by atoms with van der Waals surface area (Å²) in [7, 11) is 0. The van der Waals surface area contributed by atoms with Gasteiger partial charge in [0, 0.05) is 44.7 Å².